The molecule has 4 aromatic rings. The van der Waals surface area contributed by atoms with Gasteiger partial charge in [-0.15, -0.1) is 0 Å². The number of nitrogens with one attached hydrogen (secondary N) is 2. The maximum atomic E-state index is 12.8. The van der Waals surface area contributed by atoms with Crippen molar-refractivity contribution in [1.82, 2.24) is 0 Å². The van der Waals surface area contributed by atoms with Crippen LogP contribution in [0.4, 0.5) is 49.1 Å². The predicted molar refractivity (Wildman–Crippen MR) is 157 cm³/mol. The molecule has 0 aliphatic carbocycles. The highest BCUT2D eigenvalue weighted by molar-refractivity contribution is 6.30. The van der Waals surface area contributed by atoms with Crippen molar-refractivity contribution in [3.63, 3.8) is 0 Å². The zero-order valence-electron chi connectivity index (χ0n) is 22.1. The van der Waals surface area contributed by atoms with E-state index in [9.17, 15) is 26.3 Å². The Bertz CT molecular complexity index is 1510. The van der Waals surface area contributed by atoms with Crippen LogP contribution in [0.3, 0.4) is 0 Å². The lowest BCUT2D eigenvalue weighted by Crippen LogP contribution is -2.32. The van der Waals surface area contributed by atoms with E-state index in [0.29, 0.717) is 34.5 Å². The number of hydrogen-bond acceptors (Lipinski definition) is 4. The summed E-state index contributed by atoms with van der Waals surface area (Å²) in [6.45, 7) is 2.97. The second kappa shape index (κ2) is 12.6. The fraction of sp³-hybridized carbons (Fsp3) is 0.200. The van der Waals surface area contributed by atoms with Crippen LogP contribution in [0.1, 0.15) is 29.2 Å². The van der Waals surface area contributed by atoms with Gasteiger partial charge in [0.25, 0.3) is 0 Å². The molecule has 0 bridgehead atoms. The summed E-state index contributed by atoms with van der Waals surface area (Å²) in [4.78, 5) is 2.03. The zero-order valence-corrected chi connectivity index (χ0v) is 23.6. The maximum absolute atomic E-state index is 12.8. The highest BCUT2D eigenvalue weighted by Gasteiger charge is 2.34. The summed E-state index contributed by atoms with van der Waals surface area (Å²) >= 11 is 11.6. The Labute approximate surface area is 249 Å². The summed E-state index contributed by atoms with van der Waals surface area (Å²) in [6.07, 6.45) is -8.79. The van der Waals surface area contributed by atoms with Crippen LogP contribution in [0.15, 0.2) is 84.9 Å². The van der Waals surface area contributed by atoms with Crippen LogP contribution in [-0.4, -0.2) is 6.17 Å². The molecule has 0 radical (unpaired) electrons. The first-order valence-electron chi connectivity index (χ1n) is 12.6. The number of nitrogens with two attached hydrogens (primary N) is 1. The predicted octanol–water partition coefficient (Wildman–Crippen LogP) is 9.69. The van der Waals surface area contributed by atoms with Gasteiger partial charge in [0, 0.05) is 23.1 Å². The van der Waals surface area contributed by atoms with E-state index in [4.69, 9.17) is 28.9 Å². The standard InChI is InChI=1S/C16H14ClF3N2.C14H12ClF3N2/c1-10-21-14-8-12(16(18,19)20)4-7-15(14)22(10)9-11-2-5-13(17)6-3-11;15-11-4-1-9(2-5-11)8-20-13-6-3-10(7-12(13)19)14(16,17)18/h2-8,10,21H,9H2,1H3;1-7,20H,8,19H2. The van der Waals surface area contributed by atoms with Crippen LogP contribution in [0, 0.1) is 0 Å². The van der Waals surface area contributed by atoms with E-state index in [1.807, 2.05) is 36.1 Å². The van der Waals surface area contributed by atoms with Gasteiger partial charge in [-0.3, -0.25) is 0 Å². The Morgan fingerprint density at radius 1 is 0.762 bits per heavy atom. The minimum Gasteiger partial charge on any atom is -0.397 e. The molecule has 1 heterocycles. The summed E-state index contributed by atoms with van der Waals surface area (Å²) in [5.74, 6) is 0. The Balaban J connectivity index is 0.000000194. The fourth-order valence-electron chi connectivity index (χ4n) is 4.30. The number of nitrogens with zero attached hydrogens (tertiary/aromatic N) is 1. The van der Waals surface area contributed by atoms with Crippen molar-refractivity contribution < 1.29 is 26.3 Å². The molecule has 0 aromatic heterocycles. The van der Waals surface area contributed by atoms with Crippen molar-refractivity contribution in [2.45, 2.75) is 38.5 Å². The van der Waals surface area contributed by atoms with Crippen LogP contribution in [0.5, 0.6) is 0 Å². The normalized spacial score (nSPS) is 14.5. The number of rotatable bonds is 5. The minimum absolute atomic E-state index is 0.0637. The topological polar surface area (TPSA) is 53.3 Å². The summed E-state index contributed by atoms with van der Waals surface area (Å²) < 4.78 is 75.8. The molecular formula is C30H26Cl2F6N4. The number of nitrogen functional groups attached to an aromatic ring is 1. The van der Waals surface area contributed by atoms with Gasteiger partial charge in [0.2, 0.25) is 0 Å². The van der Waals surface area contributed by atoms with Crippen LogP contribution in [0.2, 0.25) is 10.0 Å². The van der Waals surface area contributed by atoms with Gasteiger partial charge < -0.3 is 21.3 Å². The van der Waals surface area contributed by atoms with E-state index in [0.717, 1.165) is 41.1 Å². The molecule has 4 nitrogen and oxygen atoms in total. The Morgan fingerprint density at radius 2 is 1.29 bits per heavy atom. The largest absolute Gasteiger partial charge is 0.416 e. The van der Waals surface area contributed by atoms with Crippen LogP contribution >= 0.6 is 23.2 Å². The second-order valence-electron chi connectivity index (χ2n) is 9.58. The number of anilines is 4. The number of fused-ring (bicyclic) bond motifs is 1. The van der Waals surface area contributed by atoms with E-state index in [-0.39, 0.29) is 11.9 Å². The third-order valence-corrected chi connectivity index (χ3v) is 7.01. The van der Waals surface area contributed by atoms with Gasteiger partial charge in [0.15, 0.2) is 0 Å². The molecule has 0 saturated heterocycles. The first-order valence-corrected chi connectivity index (χ1v) is 13.4. The average Bonchev–Trinajstić information content (AvgIpc) is 3.23. The van der Waals surface area contributed by atoms with Crippen molar-refractivity contribution in [3.05, 3.63) is 117 Å². The van der Waals surface area contributed by atoms with Gasteiger partial charge in [-0.1, -0.05) is 47.5 Å². The Hall–Kier alpha value is -3.76. The molecule has 4 N–H and O–H groups in total. The van der Waals surface area contributed by atoms with Gasteiger partial charge in [0.1, 0.15) is 0 Å². The van der Waals surface area contributed by atoms with E-state index < -0.39 is 23.5 Å². The van der Waals surface area contributed by atoms with Gasteiger partial charge in [0.05, 0.1) is 40.0 Å². The van der Waals surface area contributed by atoms with Crippen molar-refractivity contribution in [2.75, 3.05) is 21.3 Å². The minimum atomic E-state index is -4.39. The van der Waals surface area contributed by atoms with Crippen LogP contribution in [-0.2, 0) is 25.4 Å². The van der Waals surface area contributed by atoms with Gasteiger partial charge in [-0.25, -0.2) is 0 Å². The molecule has 5 rings (SSSR count). The summed E-state index contributed by atoms with van der Waals surface area (Å²) in [5.41, 5.74) is 8.04. The summed E-state index contributed by atoms with van der Waals surface area (Å²) in [7, 11) is 0. The molecule has 0 saturated carbocycles. The molecule has 1 aliphatic heterocycles. The lowest BCUT2D eigenvalue weighted by Gasteiger charge is -2.24. The van der Waals surface area contributed by atoms with Crippen molar-refractivity contribution in [3.8, 4) is 0 Å². The maximum Gasteiger partial charge on any atom is 0.416 e. The van der Waals surface area contributed by atoms with E-state index in [2.05, 4.69) is 10.6 Å². The third kappa shape index (κ3) is 7.95. The number of halogens is 8. The van der Waals surface area contributed by atoms with Gasteiger partial charge >= 0.3 is 12.4 Å². The average molecular weight is 627 g/mol. The zero-order chi connectivity index (χ0) is 30.7. The molecule has 1 atom stereocenters. The first-order chi connectivity index (χ1) is 19.7. The smallest absolute Gasteiger partial charge is 0.397 e. The molecule has 1 aliphatic rings. The monoisotopic (exact) mass is 626 g/mol. The molecule has 0 spiro atoms. The number of hydrogen-bond donors (Lipinski definition) is 3. The Kier molecular flexibility index (Phi) is 9.37. The lowest BCUT2D eigenvalue weighted by molar-refractivity contribution is -0.138. The molecule has 1 unspecified atom stereocenters. The van der Waals surface area contributed by atoms with Gasteiger partial charge in [-0.05, 0) is 78.7 Å². The fourth-order valence-corrected chi connectivity index (χ4v) is 4.55. The number of benzene rings is 4. The molecule has 0 fully saturated rings. The van der Waals surface area contributed by atoms with E-state index in [1.165, 1.54) is 12.1 Å². The van der Waals surface area contributed by atoms with Gasteiger partial charge in [-0.2, -0.15) is 26.3 Å². The molecule has 0 amide bonds. The molecule has 222 valence electrons. The van der Waals surface area contributed by atoms with Crippen LogP contribution < -0.4 is 21.3 Å². The van der Waals surface area contributed by atoms with E-state index in [1.54, 1.807) is 24.3 Å². The van der Waals surface area contributed by atoms with Crippen molar-refractivity contribution in [2.24, 2.45) is 0 Å². The second-order valence-corrected chi connectivity index (χ2v) is 10.5. The molecule has 12 heteroatoms. The van der Waals surface area contributed by atoms with Crippen molar-refractivity contribution in [1.29, 1.82) is 0 Å². The molecular weight excluding hydrogens is 601 g/mol. The SMILES string of the molecule is CC1Nc2cc(C(F)(F)F)ccc2N1Cc1ccc(Cl)cc1.Nc1cc(C(F)(F)F)ccc1NCc1ccc(Cl)cc1. The molecule has 4 aromatic carbocycles. The lowest BCUT2D eigenvalue weighted by atomic mass is 10.1. The molecule has 42 heavy (non-hydrogen) atoms. The highest BCUT2D eigenvalue weighted by atomic mass is 35.5. The first kappa shape index (κ1) is 31.2. The number of alkyl halides is 6. The summed E-state index contributed by atoms with van der Waals surface area (Å²) in [6, 6.07) is 21.6. The third-order valence-electron chi connectivity index (χ3n) is 6.51. The van der Waals surface area contributed by atoms with Crippen molar-refractivity contribution >= 4 is 46.0 Å². The van der Waals surface area contributed by atoms with Crippen LogP contribution in [0.25, 0.3) is 0 Å². The quantitative estimate of drug-likeness (QED) is 0.152. The summed E-state index contributed by atoms with van der Waals surface area (Å²) in [5, 5.41) is 7.37. The van der Waals surface area contributed by atoms with E-state index >= 15 is 0 Å². The highest BCUT2D eigenvalue weighted by Crippen LogP contribution is 2.40. The Morgan fingerprint density at radius 3 is 1.83 bits per heavy atom.